The van der Waals surface area contributed by atoms with Gasteiger partial charge in [-0.05, 0) is 38.6 Å². The van der Waals surface area contributed by atoms with Crippen LogP contribution in [0, 0.1) is 12.8 Å². The van der Waals surface area contributed by atoms with Crippen LogP contribution in [0.3, 0.4) is 0 Å². The van der Waals surface area contributed by atoms with Crippen LogP contribution in [0.25, 0.3) is 0 Å². The Bertz CT molecular complexity index is 417. The van der Waals surface area contributed by atoms with Crippen molar-refractivity contribution in [3.63, 3.8) is 0 Å². The summed E-state index contributed by atoms with van der Waals surface area (Å²) < 4.78 is 7.35. The molecule has 4 heteroatoms. The van der Waals surface area contributed by atoms with E-state index < -0.39 is 0 Å². The topological polar surface area (TPSA) is 39.1 Å². The first-order valence-electron chi connectivity index (χ1n) is 6.81. The molecule has 1 saturated heterocycles. The van der Waals surface area contributed by atoms with Gasteiger partial charge in [-0.15, -0.1) is 0 Å². The molecule has 0 radical (unpaired) electrons. The minimum atomic E-state index is 0.209. The number of aryl methyl sites for hydroxylation is 2. The Kier molecular flexibility index (Phi) is 3.66. The number of ether oxygens (including phenoxy) is 1. The van der Waals surface area contributed by atoms with Crippen molar-refractivity contribution in [1.29, 1.82) is 0 Å². The standard InChI is InChI=1S/C14H25N3O/c1-10(2)14(7-6-8-15-14)9-12-11(3)16-17(4)13(12)18-5/h10,15H,6-9H2,1-5H3. The monoisotopic (exact) mass is 251 g/mol. The molecule has 0 aromatic carbocycles. The highest BCUT2D eigenvalue weighted by molar-refractivity contribution is 5.33. The van der Waals surface area contributed by atoms with Crippen LogP contribution >= 0.6 is 0 Å². The number of hydrogen-bond donors (Lipinski definition) is 1. The third-order valence-electron chi connectivity index (χ3n) is 4.36. The lowest BCUT2D eigenvalue weighted by Gasteiger charge is -2.34. The number of aromatic nitrogens is 2. The van der Waals surface area contributed by atoms with Crippen LogP contribution in [0.5, 0.6) is 5.88 Å². The zero-order valence-corrected chi connectivity index (χ0v) is 12.2. The van der Waals surface area contributed by atoms with Crippen molar-refractivity contribution >= 4 is 0 Å². The van der Waals surface area contributed by atoms with E-state index in [1.54, 1.807) is 7.11 Å². The van der Waals surface area contributed by atoms with Gasteiger partial charge in [0.1, 0.15) is 0 Å². The maximum absolute atomic E-state index is 5.50. The van der Waals surface area contributed by atoms with E-state index in [4.69, 9.17) is 4.74 Å². The van der Waals surface area contributed by atoms with Gasteiger partial charge in [0.15, 0.2) is 0 Å². The van der Waals surface area contributed by atoms with E-state index >= 15 is 0 Å². The van der Waals surface area contributed by atoms with Gasteiger partial charge in [0, 0.05) is 18.2 Å². The quantitative estimate of drug-likeness (QED) is 0.890. The molecule has 102 valence electrons. The molecule has 1 aliphatic heterocycles. The molecule has 1 unspecified atom stereocenters. The largest absolute Gasteiger partial charge is 0.481 e. The molecule has 18 heavy (non-hydrogen) atoms. The summed E-state index contributed by atoms with van der Waals surface area (Å²) >= 11 is 0. The maximum atomic E-state index is 5.50. The zero-order valence-electron chi connectivity index (χ0n) is 12.2. The van der Waals surface area contributed by atoms with E-state index in [9.17, 15) is 0 Å². The summed E-state index contributed by atoms with van der Waals surface area (Å²) in [6.07, 6.45) is 3.51. The minimum Gasteiger partial charge on any atom is -0.481 e. The SMILES string of the molecule is COc1c(CC2(C(C)C)CCCN2)c(C)nn1C. The summed E-state index contributed by atoms with van der Waals surface area (Å²) in [5.41, 5.74) is 2.55. The van der Waals surface area contributed by atoms with Crippen LogP contribution in [0.2, 0.25) is 0 Å². The minimum absolute atomic E-state index is 0.209. The normalized spacial score (nSPS) is 23.9. The fourth-order valence-electron chi connectivity index (χ4n) is 3.13. The first kappa shape index (κ1) is 13.4. The average Bonchev–Trinajstić information content (AvgIpc) is 2.87. The van der Waals surface area contributed by atoms with Gasteiger partial charge >= 0.3 is 0 Å². The van der Waals surface area contributed by atoms with Crippen LogP contribution in [-0.2, 0) is 13.5 Å². The Labute approximate surface area is 110 Å². The van der Waals surface area contributed by atoms with E-state index in [1.807, 2.05) is 11.7 Å². The molecule has 0 aliphatic carbocycles. The Morgan fingerprint density at radius 1 is 1.50 bits per heavy atom. The summed E-state index contributed by atoms with van der Waals surface area (Å²) in [4.78, 5) is 0. The van der Waals surface area contributed by atoms with E-state index in [-0.39, 0.29) is 5.54 Å². The van der Waals surface area contributed by atoms with Crippen molar-refractivity contribution in [2.24, 2.45) is 13.0 Å². The third kappa shape index (κ3) is 2.14. The van der Waals surface area contributed by atoms with Gasteiger partial charge in [-0.2, -0.15) is 5.10 Å². The summed E-state index contributed by atoms with van der Waals surface area (Å²) in [6, 6.07) is 0. The summed E-state index contributed by atoms with van der Waals surface area (Å²) in [7, 11) is 3.67. The van der Waals surface area contributed by atoms with Crippen LogP contribution in [-0.4, -0.2) is 29.0 Å². The van der Waals surface area contributed by atoms with Crippen molar-refractivity contribution < 1.29 is 4.74 Å². The average molecular weight is 251 g/mol. The third-order valence-corrected chi connectivity index (χ3v) is 4.36. The van der Waals surface area contributed by atoms with Crippen LogP contribution in [0.4, 0.5) is 0 Å². The van der Waals surface area contributed by atoms with E-state index in [0.29, 0.717) is 5.92 Å². The molecule has 0 amide bonds. The van der Waals surface area contributed by atoms with Gasteiger partial charge in [-0.1, -0.05) is 13.8 Å². The summed E-state index contributed by atoms with van der Waals surface area (Å²) in [6.45, 7) is 7.80. The molecule has 2 heterocycles. The number of hydrogen-bond acceptors (Lipinski definition) is 3. The molecule has 0 spiro atoms. The van der Waals surface area contributed by atoms with Crippen molar-refractivity contribution in [2.45, 2.75) is 45.6 Å². The number of nitrogens with zero attached hydrogens (tertiary/aromatic N) is 2. The lowest BCUT2D eigenvalue weighted by molar-refractivity contribution is 0.264. The van der Waals surface area contributed by atoms with Crippen molar-refractivity contribution in [1.82, 2.24) is 15.1 Å². The number of rotatable bonds is 4. The first-order chi connectivity index (χ1) is 8.50. The second-order valence-electron chi connectivity index (χ2n) is 5.71. The second kappa shape index (κ2) is 4.92. The van der Waals surface area contributed by atoms with Crippen LogP contribution < -0.4 is 10.1 Å². The second-order valence-corrected chi connectivity index (χ2v) is 5.71. The van der Waals surface area contributed by atoms with Gasteiger partial charge in [0.25, 0.3) is 0 Å². The van der Waals surface area contributed by atoms with Gasteiger partial charge in [0.05, 0.1) is 12.8 Å². The van der Waals surface area contributed by atoms with E-state index in [0.717, 1.165) is 24.5 Å². The van der Waals surface area contributed by atoms with Gasteiger partial charge < -0.3 is 10.1 Å². The van der Waals surface area contributed by atoms with Crippen molar-refractivity contribution in [3.8, 4) is 5.88 Å². The zero-order chi connectivity index (χ0) is 13.3. The number of methoxy groups -OCH3 is 1. The Balaban J connectivity index is 2.32. The lowest BCUT2D eigenvalue weighted by atomic mass is 9.80. The van der Waals surface area contributed by atoms with Crippen LogP contribution in [0.15, 0.2) is 0 Å². The van der Waals surface area contributed by atoms with Crippen molar-refractivity contribution in [2.75, 3.05) is 13.7 Å². The predicted octanol–water partition coefficient (Wildman–Crippen LogP) is 2.06. The Morgan fingerprint density at radius 3 is 2.72 bits per heavy atom. The smallest absolute Gasteiger partial charge is 0.214 e. The fraction of sp³-hybridized carbons (Fsp3) is 0.786. The molecule has 1 atom stereocenters. The molecule has 1 fully saturated rings. The van der Waals surface area contributed by atoms with Crippen LogP contribution in [0.1, 0.15) is 37.9 Å². The highest BCUT2D eigenvalue weighted by atomic mass is 16.5. The van der Waals surface area contributed by atoms with Gasteiger partial charge in [0.2, 0.25) is 5.88 Å². The van der Waals surface area contributed by atoms with Gasteiger partial charge in [-0.25, -0.2) is 4.68 Å². The summed E-state index contributed by atoms with van der Waals surface area (Å²) in [5, 5.41) is 8.19. The Morgan fingerprint density at radius 2 is 2.22 bits per heavy atom. The predicted molar refractivity (Wildman–Crippen MR) is 73.0 cm³/mol. The first-order valence-corrected chi connectivity index (χ1v) is 6.81. The van der Waals surface area contributed by atoms with Gasteiger partial charge in [-0.3, -0.25) is 0 Å². The summed E-state index contributed by atoms with van der Waals surface area (Å²) in [5.74, 6) is 1.52. The molecule has 1 aromatic heterocycles. The molecule has 0 saturated carbocycles. The van der Waals surface area contributed by atoms with E-state index in [2.05, 4.69) is 31.2 Å². The maximum Gasteiger partial charge on any atom is 0.214 e. The highest BCUT2D eigenvalue weighted by Gasteiger charge is 2.38. The molecule has 1 aliphatic rings. The Hall–Kier alpha value is -1.03. The molecular weight excluding hydrogens is 226 g/mol. The molecule has 4 nitrogen and oxygen atoms in total. The fourth-order valence-corrected chi connectivity index (χ4v) is 3.13. The molecule has 1 aromatic rings. The highest BCUT2D eigenvalue weighted by Crippen LogP contribution is 2.35. The van der Waals surface area contributed by atoms with E-state index in [1.165, 1.54) is 18.4 Å². The molecule has 0 bridgehead atoms. The molecule has 1 N–H and O–H groups in total. The molecule has 2 rings (SSSR count). The molecular formula is C14H25N3O. The lowest BCUT2D eigenvalue weighted by Crippen LogP contribution is -2.46. The van der Waals surface area contributed by atoms with Crippen molar-refractivity contribution in [3.05, 3.63) is 11.3 Å². The number of nitrogens with one attached hydrogen (secondary N) is 1.